The summed E-state index contributed by atoms with van der Waals surface area (Å²) in [6.45, 7) is 1.88. The number of carbonyl (C=O) groups excluding carboxylic acids is 1. The zero-order valence-electron chi connectivity index (χ0n) is 11.9. The van der Waals surface area contributed by atoms with E-state index >= 15 is 0 Å². The molecule has 0 aromatic heterocycles. The third kappa shape index (κ3) is 4.02. The van der Waals surface area contributed by atoms with Gasteiger partial charge in [-0.15, -0.1) is 0 Å². The summed E-state index contributed by atoms with van der Waals surface area (Å²) >= 11 is 0. The highest BCUT2D eigenvalue weighted by Crippen LogP contribution is 2.16. The maximum Gasteiger partial charge on any atom is 0.319 e. The average Bonchev–Trinajstić information content (AvgIpc) is 2.50. The predicted molar refractivity (Wildman–Crippen MR) is 79.5 cm³/mol. The van der Waals surface area contributed by atoms with Crippen molar-refractivity contribution in [3.8, 4) is 0 Å². The van der Waals surface area contributed by atoms with Crippen molar-refractivity contribution >= 4 is 11.7 Å². The van der Waals surface area contributed by atoms with E-state index in [9.17, 15) is 18.7 Å². The van der Waals surface area contributed by atoms with Crippen LogP contribution in [0, 0.1) is 18.6 Å². The molecule has 1 atom stereocenters. The van der Waals surface area contributed by atoms with E-state index in [2.05, 4.69) is 10.6 Å². The molecule has 0 saturated carbocycles. The Morgan fingerprint density at radius 3 is 2.55 bits per heavy atom. The van der Waals surface area contributed by atoms with Crippen molar-refractivity contribution < 1.29 is 18.7 Å². The van der Waals surface area contributed by atoms with Gasteiger partial charge in [0.25, 0.3) is 0 Å². The minimum Gasteiger partial charge on any atom is -0.387 e. The van der Waals surface area contributed by atoms with Crippen LogP contribution in [-0.4, -0.2) is 17.7 Å². The lowest BCUT2D eigenvalue weighted by molar-refractivity contribution is 0.175. The molecule has 0 radical (unpaired) electrons. The third-order valence-electron chi connectivity index (χ3n) is 3.12. The molecule has 0 saturated heterocycles. The first-order valence-corrected chi connectivity index (χ1v) is 6.71. The molecule has 0 heterocycles. The van der Waals surface area contributed by atoms with Gasteiger partial charge in [0.2, 0.25) is 0 Å². The number of aliphatic hydroxyl groups excluding tert-OH is 1. The van der Waals surface area contributed by atoms with Crippen LogP contribution in [-0.2, 0) is 0 Å². The Morgan fingerprint density at radius 2 is 1.86 bits per heavy atom. The van der Waals surface area contributed by atoms with Gasteiger partial charge in [0.1, 0.15) is 0 Å². The van der Waals surface area contributed by atoms with Crippen LogP contribution >= 0.6 is 0 Å². The fraction of sp³-hybridized carbons (Fsp3) is 0.188. The molecule has 6 heteroatoms. The largest absolute Gasteiger partial charge is 0.387 e. The van der Waals surface area contributed by atoms with E-state index in [-0.39, 0.29) is 12.2 Å². The Balaban J connectivity index is 1.90. The van der Waals surface area contributed by atoms with E-state index in [1.165, 1.54) is 12.1 Å². The van der Waals surface area contributed by atoms with Crippen molar-refractivity contribution in [1.29, 1.82) is 0 Å². The molecule has 2 rings (SSSR count). The van der Waals surface area contributed by atoms with E-state index < -0.39 is 23.8 Å². The lowest BCUT2D eigenvalue weighted by Crippen LogP contribution is -2.32. The lowest BCUT2D eigenvalue weighted by atomic mass is 10.1. The van der Waals surface area contributed by atoms with Crippen molar-refractivity contribution in [2.24, 2.45) is 0 Å². The molecule has 0 spiro atoms. The maximum absolute atomic E-state index is 13.4. The molecule has 1 unspecified atom stereocenters. The molecule has 0 aliphatic heterocycles. The van der Waals surface area contributed by atoms with Gasteiger partial charge in [-0.3, -0.25) is 0 Å². The molecule has 3 N–H and O–H groups in total. The van der Waals surface area contributed by atoms with Crippen LogP contribution in [0.2, 0.25) is 0 Å². The quantitative estimate of drug-likeness (QED) is 0.812. The molecule has 116 valence electrons. The summed E-state index contributed by atoms with van der Waals surface area (Å²) in [5.74, 6) is -2.17. The van der Waals surface area contributed by atoms with Gasteiger partial charge in [0, 0.05) is 6.54 Å². The van der Waals surface area contributed by atoms with Gasteiger partial charge in [-0.1, -0.05) is 35.9 Å². The maximum atomic E-state index is 13.4. The number of benzene rings is 2. The number of nitrogens with one attached hydrogen (secondary N) is 2. The summed E-state index contributed by atoms with van der Waals surface area (Å²) in [5, 5.41) is 14.5. The van der Waals surface area contributed by atoms with Crippen LogP contribution in [0.15, 0.2) is 42.5 Å². The molecule has 0 bridgehead atoms. The number of amides is 2. The van der Waals surface area contributed by atoms with Gasteiger partial charge in [0.15, 0.2) is 11.6 Å². The number of hydrogen-bond acceptors (Lipinski definition) is 2. The Kier molecular flexibility index (Phi) is 5.06. The summed E-state index contributed by atoms with van der Waals surface area (Å²) in [4.78, 5) is 11.6. The van der Waals surface area contributed by atoms with Crippen molar-refractivity contribution in [2.75, 3.05) is 11.9 Å². The topological polar surface area (TPSA) is 61.4 Å². The molecule has 2 aromatic carbocycles. The van der Waals surface area contributed by atoms with Gasteiger partial charge < -0.3 is 15.7 Å². The number of urea groups is 1. The van der Waals surface area contributed by atoms with Crippen molar-refractivity contribution in [2.45, 2.75) is 13.0 Å². The zero-order valence-corrected chi connectivity index (χ0v) is 11.9. The van der Waals surface area contributed by atoms with Crippen LogP contribution in [0.1, 0.15) is 17.2 Å². The van der Waals surface area contributed by atoms with E-state index in [0.29, 0.717) is 5.56 Å². The molecule has 2 aromatic rings. The van der Waals surface area contributed by atoms with E-state index in [1.54, 1.807) is 12.1 Å². The van der Waals surface area contributed by atoms with Crippen LogP contribution in [0.25, 0.3) is 0 Å². The fourth-order valence-electron chi connectivity index (χ4n) is 1.86. The monoisotopic (exact) mass is 306 g/mol. The zero-order chi connectivity index (χ0) is 16.1. The Bertz CT molecular complexity index is 660. The van der Waals surface area contributed by atoms with Crippen LogP contribution < -0.4 is 10.6 Å². The predicted octanol–water partition coefficient (Wildman–Crippen LogP) is 3.13. The summed E-state index contributed by atoms with van der Waals surface area (Å²) in [6.07, 6.45) is -0.885. The third-order valence-corrected chi connectivity index (χ3v) is 3.12. The number of halogens is 2. The second kappa shape index (κ2) is 7.00. The SMILES string of the molecule is Cc1ccc(C(O)CNC(=O)Nc2cccc(F)c2F)cc1. The highest BCUT2D eigenvalue weighted by Gasteiger charge is 2.12. The van der Waals surface area contributed by atoms with E-state index in [4.69, 9.17) is 0 Å². The van der Waals surface area contributed by atoms with E-state index in [0.717, 1.165) is 11.6 Å². The molecule has 0 aliphatic carbocycles. The van der Waals surface area contributed by atoms with Crippen molar-refractivity contribution in [1.82, 2.24) is 5.32 Å². The second-order valence-electron chi connectivity index (χ2n) is 4.86. The molecular weight excluding hydrogens is 290 g/mol. The number of aryl methyl sites for hydroxylation is 1. The lowest BCUT2D eigenvalue weighted by Gasteiger charge is -2.13. The molecule has 22 heavy (non-hydrogen) atoms. The molecule has 0 fully saturated rings. The number of rotatable bonds is 4. The number of aliphatic hydroxyl groups is 1. The van der Waals surface area contributed by atoms with Crippen LogP contribution in [0.5, 0.6) is 0 Å². The van der Waals surface area contributed by atoms with Gasteiger partial charge in [-0.2, -0.15) is 0 Å². The molecule has 4 nitrogen and oxygen atoms in total. The number of hydrogen-bond donors (Lipinski definition) is 3. The average molecular weight is 306 g/mol. The van der Waals surface area contributed by atoms with Crippen LogP contribution in [0.3, 0.4) is 0 Å². The Hall–Kier alpha value is -2.47. The standard InChI is InChI=1S/C16H16F2N2O2/c1-10-5-7-11(8-6-10)14(21)9-19-16(22)20-13-4-2-3-12(17)15(13)18/h2-8,14,21H,9H2,1H3,(H2,19,20,22). The Morgan fingerprint density at radius 1 is 1.18 bits per heavy atom. The van der Waals surface area contributed by atoms with Crippen LogP contribution in [0.4, 0.5) is 19.3 Å². The highest BCUT2D eigenvalue weighted by atomic mass is 19.2. The van der Waals surface area contributed by atoms with Gasteiger partial charge in [-0.05, 0) is 24.6 Å². The minimum absolute atomic E-state index is 0.0498. The number of carbonyl (C=O) groups is 1. The van der Waals surface area contributed by atoms with E-state index in [1.807, 2.05) is 19.1 Å². The van der Waals surface area contributed by atoms with Crippen molar-refractivity contribution in [3.05, 3.63) is 65.2 Å². The second-order valence-corrected chi connectivity index (χ2v) is 4.86. The van der Waals surface area contributed by atoms with Crippen molar-refractivity contribution in [3.63, 3.8) is 0 Å². The van der Waals surface area contributed by atoms with Gasteiger partial charge in [0.05, 0.1) is 11.8 Å². The first kappa shape index (κ1) is 15.9. The first-order chi connectivity index (χ1) is 10.5. The summed E-state index contributed by atoms with van der Waals surface area (Å²) in [7, 11) is 0. The minimum atomic E-state index is -1.13. The summed E-state index contributed by atoms with van der Waals surface area (Å²) in [6, 6.07) is 9.97. The Labute approximate surface area is 126 Å². The molecular formula is C16H16F2N2O2. The number of anilines is 1. The fourth-order valence-corrected chi connectivity index (χ4v) is 1.86. The molecule has 2 amide bonds. The first-order valence-electron chi connectivity index (χ1n) is 6.71. The van der Waals surface area contributed by atoms with Gasteiger partial charge >= 0.3 is 6.03 Å². The highest BCUT2D eigenvalue weighted by molar-refractivity contribution is 5.89. The smallest absolute Gasteiger partial charge is 0.319 e. The summed E-state index contributed by atoms with van der Waals surface area (Å²) in [5.41, 5.74) is 1.45. The summed E-state index contributed by atoms with van der Waals surface area (Å²) < 4.78 is 26.4. The molecule has 0 aliphatic rings. The normalized spacial score (nSPS) is 11.8. The van der Waals surface area contributed by atoms with Gasteiger partial charge in [-0.25, -0.2) is 13.6 Å².